The molecule has 1 saturated heterocycles. The first-order chi connectivity index (χ1) is 7.66. The van der Waals surface area contributed by atoms with E-state index in [1.807, 2.05) is 24.1 Å². The number of rotatable bonds is 3. The van der Waals surface area contributed by atoms with E-state index in [-0.39, 0.29) is 6.04 Å². The quantitative estimate of drug-likeness (QED) is 0.773. The highest BCUT2D eigenvalue weighted by molar-refractivity contribution is 5.81. The molecule has 0 spiro atoms. The molecule has 1 fully saturated rings. The summed E-state index contributed by atoms with van der Waals surface area (Å²) < 4.78 is 1.81. The zero-order valence-electron chi connectivity index (χ0n) is 10.0. The maximum Gasteiger partial charge on any atom is 0.146 e. The predicted octanol–water partition coefficient (Wildman–Crippen LogP) is 1.36. The van der Waals surface area contributed by atoms with E-state index in [9.17, 15) is 4.79 Å². The van der Waals surface area contributed by atoms with Crippen LogP contribution in [0.4, 0.5) is 0 Å². The molecule has 16 heavy (non-hydrogen) atoms. The van der Waals surface area contributed by atoms with Crippen molar-refractivity contribution in [2.45, 2.75) is 38.8 Å². The van der Waals surface area contributed by atoms with Crippen molar-refractivity contribution in [1.82, 2.24) is 14.7 Å². The summed E-state index contributed by atoms with van der Waals surface area (Å²) in [5.41, 5.74) is 1.19. The molecule has 1 aromatic heterocycles. The molecule has 4 nitrogen and oxygen atoms in total. The fraction of sp³-hybridized carbons (Fsp3) is 0.667. The van der Waals surface area contributed by atoms with Crippen LogP contribution in [0.25, 0.3) is 0 Å². The first-order valence-corrected chi connectivity index (χ1v) is 5.89. The fourth-order valence-corrected chi connectivity index (χ4v) is 2.43. The molecular formula is C12H19N3O. The largest absolute Gasteiger partial charge is 0.298 e. The Morgan fingerprint density at radius 2 is 2.38 bits per heavy atom. The highest BCUT2D eigenvalue weighted by atomic mass is 16.1. The summed E-state index contributed by atoms with van der Waals surface area (Å²) in [5.74, 6) is 0.295. The van der Waals surface area contributed by atoms with Crippen LogP contribution in [0, 0.1) is 0 Å². The summed E-state index contributed by atoms with van der Waals surface area (Å²) in [7, 11) is 1.92. The summed E-state index contributed by atoms with van der Waals surface area (Å²) >= 11 is 0. The van der Waals surface area contributed by atoms with Gasteiger partial charge in [-0.15, -0.1) is 0 Å². The van der Waals surface area contributed by atoms with Gasteiger partial charge in [0.25, 0.3) is 0 Å². The first-order valence-electron chi connectivity index (χ1n) is 5.89. The minimum absolute atomic E-state index is 0.119. The lowest BCUT2D eigenvalue weighted by Crippen LogP contribution is -2.43. The predicted molar refractivity (Wildman–Crippen MR) is 61.9 cm³/mol. The molecule has 1 unspecified atom stereocenters. The Bertz CT molecular complexity index is 372. The van der Waals surface area contributed by atoms with E-state index in [2.05, 4.69) is 10.00 Å². The molecule has 4 heteroatoms. The monoisotopic (exact) mass is 221 g/mol. The Labute approximate surface area is 96.2 Å². The normalized spacial score (nSPS) is 22.2. The molecule has 88 valence electrons. The average Bonchev–Trinajstić information content (AvgIpc) is 2.64. The number of carbonyl (C=O) groups is 1. The Morgan fingerprint density at radius 1 is 1.56 bits per heavy atom. The van der Waals surface area contributed by atoms with Crippen LogP contribution in [0.15, 0.2) is 12.4 Å². The Balaban J connectivity index is 2.03. The molecule has 1 aromatic rings. The van der Waals surface area contributed by atoms with E-state index >= 15 is 0 Å². The number of nitrogens with zero attached hydrogens (tertiary/aromatic N) is 3. The third-order valence-electron chi connectivity index (χ3n) is 3.23. The van der Waals surface area contributed by atoms with Crippen molar-refractivity contribution in [3.63, 3.8) is 0 Å². The fourth-order valence-electron chi connectivity index (χ4n) is 2.43. The standard InChI is InChI=1S/C12H19N3O/c1-10(16)12-5-3-4-6-15(12)9-11-7-13-14(2)8-11/h7-8,12H,3-6,9H2,1-2H3. The van der Waals surface area contributed by atoms with Crippen LogP contribution in [-0.4, -0.2) is 33.1 Å². The molecule has 0 aliphatic carbocycles. The van der Waals surface area contributed by atoms with Crippen molar-refractivity contribution in [2.24, 2.45) is 7.05 Å². The third kappa shape index (κ3) is 2.50. The second-order valence-electron chi connectivity index (χ2n) is 4.61. The molecule has 1 aliphatic rings. The van der Waals surface area contributed by atoms with Crippen LogP contribution in [0.5, 0.6) is 0 Å². The zero-order chi connectivity index (χ0) is 11.5. The molecule has 2 heterocycles. The number of hydrogen-bond acceptors (Lipinski definition) is 3. The van der Waals surface area contributed by atoms with Gasteiger partial charge in [-0.3, -0.25) is 14.4 Å². The number of aryl methyl sites for hydroxylation is 1. The molecule has 0 aromatic carbocycles. The van der Waals surface area contributed by atoms with Crippen molar-refractivity contribution in [3.05, 3.63) is 18.0 Å². The molecule has 0 bridgehead atoms. The highest BCUT2D eigenvalue weighted by Crippen LogP contribution is 2.19. The van der Waals surface area contributed by atoms with Gasteiger partial charge >= 0.3 is 0 Å². The molecule has 2 rings (SSSR count). The Morgan fingerprint density at radius 3 is 3.00 bits per heavy atom. The van der Waals surface area contributed by atoms with Crippen LogP contribution in [0.1, 0.15) is 31.7 Å². The summed E-state index contributed by atoms with van der Waals surface area (Å²) in [4.78, 5) is 13.8. The van der Waals surface area contributed by atoms with Crippen LogP contribution < -0.4 is 0 Å². The van der Waals surface area contributed by atoms with Crippen molar-refractivity contribution >= 4 is 5.78 Å². The molecule has 0 N–H and O–H groups in total. The van der Waals surface area contributed by atoms with E-state index in [4.69, 9.17) is 0 Å². The summed E-state index contributed by atoms with van der Waals surface area (Å²) in [6.45, 7) is 3.57. The third-order valence-corrected chi connectivity index (χ3v) is 3.23. The number of piperidine rings is 1. The number of ketones is 1. The number of aromatic nitrogens is 2. The van der Waals surface area contributed by atoms with E-state index in [0.29, 0.717) is 5.78 Å². The number of carbonyl (C=O) groups excluding carboxylic acids is 1. The van der Waals surface area contributed by atoms with E-state index in [1.165, 1.54) is 18.4 Å². The Hall–Kier alpha value is -1.16. The number of likely N-dealkylation sites (tertiary alicyclic amines) is 1. The van der Waals surface area contributed by atoms with Crippen LogP contribution in [0.2, 0.25) is 0 Å². The summed E-state index contributed by atoms with van der Waals surface area (Å²) in [6, 6.07) is 0.119. The van der Waals surface area contributed by atoms with Gasteiger partial charge in [0.1, 0.15) is 5.78 Å². The van der Waals surface area contributed by atoms with Crippen molar-refractivity contribution in [2.75, 3.05) is 6.54 Å². The van der Waals surface area contributed by atoms with Crippen LogP contribution in [-0.2, 0) is 18.4 Å². The molecule has 1 aliphatic heterocycles. The minimum atomic E-state index is 0.119. The first kappa shape index (κ1) is 11.3. The van der Waals surface area contributed by atoms with Crippen LogP contribution >= 0.6 is 0 Å². The van der Waals surface area contributed by atoms with Gasteiger partial charge < -0.3 is 0 Å². The van der Waals surface area contributed by atoms with E-state index in [0.717, 1.165) is 19.5 Å². The maximum absolute atomic E-state index is 11.5. The van der Waals surface area contributed by atoms with Gasteiger partial charge in [0, 0.05) is 25.4 Å². The lowest BCUT2D eigenvalue weighted by atomic mass is 9.99. The van der Waals surface area contributed by atoms with Crippen molar-refractivity contribution in [1.29, 1.82) is 0 Å². The van der Waals surface area contributed by atoms with Gasteiger partial charge in [0.2, 0.25) is 0 Å². The molecular weight excluding hydrogens is 202 g/mol. The maximum atomic E-state index is 11.5. The van der Waals surface area contributed by atoms with Gasteiger partial charge in [-0.1, -0.05) is 6.42 Å². The van der Waals surface area contributed by atoms with Gasteiger partial charge in [-0.05, 0) is 26.3 Å². The zero-order valence-corrected chi connectivity index (χ0v) is 10.0. The average molecular weight is 221 g/mol. The van der Waals surface area contributed by atoms with Gasteiger partial charge in [0.05, 0.1) is 12.2 Å². The molecule has 1 atom stereocenters. The lowest BCUT2D eigenvalue weighted by molar-refractivity contribution is -0.123. The van der Waals surface area contributed by atoms with E-state index < -0.39 is 0 Å². The summed E-state index contributed by atoms with van der Waals surface area (Å²) in [5, 5.41) is 4.16. The second-order valence-corrected chi connectivity index (χ2v) is 4.61. The van der Waals surface area contributed by atoms with Gasteiger partial charge in [0.15, 0.2) is 0 Å². The topological polar surface area (TPSA) is 38.1 Å². The molecule has 0 amide bonds. The second kappa shape index (κ2) is 4.78. The minimum Gasteiger partial charge on any atom is -0.298 e. The SMILES string of the molecule is CC(=O)C1CCCCN1Cc1cnn(C)c1. The Kier molecular flexibility index (Phi) is 3.39. The lowest BCUT2D eigenvalue weighted by Gasteiger charge is -2.33. The smallest absolute Gasteiger partial charge is 0.146 e. The van der Waals surface area contributed by atoms with Crippen LogP contribution in [0.3, 0.4) is 0 Å². The van der Waals surface area contributed by atoms with Crippen molar-refractivity contribution < 1.29 is 4.79 Å². The van der Waals surface area contributed by atoms with E-state index in [1.54, 1.807) is 6.92 Å². The van der Waals surface area contributed by atoms with Crippen molar-refractivity contribution in [3.8, 4) is 0 Å². The molecule has 0 saturated carbocycles. The van der Waals surface area contributed by atoms with Gasteiger partial charge in [-0.2, -0.15) is 5.10 Å². The molecule has 0 radical (unpaired) electrons. The summed E-state index contributed by atoms with van der Waals surface area (Å²) in [6.07, 6.45) is 7.28. The number of Topliss-reactive ketones (excluding diaryl/α,β-unsaturated/α-hetero) is 1. The highest BCUT2D eigenvalue weighted by Gasteiger charge is 2.25. The number of hydrogen-bond donors (Lipinski definition) is 0. The van der Waals surface area contributed by atoms with Gasteiger partial charge in [-0.25, -0.2) is 0 Å².